The summed E-state index contributed by atoms with van der Waals surface area (Å²) in [6, 6.07) is 28.8. The van der Waals surface area contributed by atoms with E-state index in [1.54, 1.807) is 24.3 Å². The summed E-state index contributed by atoms with van der Waals surface area (Å²) in [4.78, 5) is 44.8. The Morgan fingerprint density at radius 3 is 2.38 bits per heavy atom. The molecule has 52 heavy (non-hydrogen) atoms. The molecular weight excluding hydrogens is 656 g/mol. The molecular formula is C42H42N4O6. The third kappa shape index (κ3) is 6.50. The second kappa shape index (κ2) is 14.2. The number of carbonyl (C=O) groups is 3. The van der Waals surface area contributed by atoms with Crippen molar-refractivity contribution in [3.63, 3.8) is 0 Å². The number of nitrogens with one attached hydrogen (secondary N) is 1. The molecule has 10 heteroatoms. The number of phenolic OH excluding ortho intramolecular Hbond substituents is 1. The van der Waals surface area contributed by atoms with Gasteiger partial charge in [0.2, 0.25) is 5.91 Å². The number of benzene rings is 4. The maximum absolute atomic E-state index is 13.3. The van der Waals surface area contributed by atoms with Crippen molar-refractivity contribution < 1.29 is 29.0 Å². The maximum Gasteiger partial charge on any atom is 0.262 e. The van der Waals surface area contributed by atoms with Gasteiger partial charge in [0.1, 0.15) is 23.3 Å². The first kappa shape index (κ1) is 33.5. The topological polar surface area (TPSA) is 112 Å². The van der Waals surface area contributed by atoms with E-state index in [0.29, 0.717) is 42.9 Å². The minimum absolute atomic E-state index is 0.0833. The van der Waals surface area contributed by atoms with E-state index >= 15 is 0 Å². The third-order valence-electron chi connectivity index (χ3n) is 10.8. The molecule has 2 saturated heterocycles. The summed E-state index contributed by atoms with van der Waals surface area (Å²) in [6.45, 7) is 9.21. The quantitative estimate of drug-likeness (QED) is 0.170. The fourth-order valence-corrected chi connectivity index (χ4v) is 8.01. The molecule has 4 aliphatic rings. The monoisotopic (exact) mass is 698 g/mol. The molecule has 4 aromatic carbocycles. The van der Waals surface area contributed by atoms with E-state index in [1.165, 1.54) is 11.1 Å². The van der Waals surface area contributed by atoms with Crippen LogP contribution < -0.4 is 19.7 Å². The van der Waals surface area contributed by atoms with Crippen LogP contribution in [-0.2, 0) is 4.79 Å². The number of amides is 3. The van der Waals surface area contributed by atoms with Gasteiger partial charge < -0.3 is 24.8 Å². The van der Waals surface area contributed by atoms with Crippen molar-refractivity contribution >= 4 is 23.4 Å². The molecule has 0 bridgehead atoms. The van der Waals surface area contributed by atoms with Gasteiger partial charge in [-0.3, -0.25) is 24.2 Å². The van der Waals surface area contributed by atoms with Crippen molar-refractivity contribution in [3.8, 4) is 17.2 Å². The number of piperidine rings is 1. The van der Waals surface area contributed by atoms with Gasteiger partial charge in [0.05, 0.1) is 24.3 Å². The number of hydrogen-bond donors (Lipinski definition) is 2. The number of carbonyl (C=O) groups excluding carboxylic acids is 3. The fourth-order valence-electron chi connectivity index (χ4n) is 8.01. The number of phenols is 1. The lowest BCUT2D eigenvalue weighted by Crippen LogP contribution is -2.51. The van der Waals surface area contributed by atoms with Gasteiger partial charge in [0.15, 0.2) is 0 Å². The molecule has 8 rings (SSSR count). The molecule has 0 radical (unpaired) electrons. The van der Waals surface area contributed by atoms with Crippen LogP contribution in [0.3, 0.4) is 0 Å². The highest BCUT2D eigenvalue weighted by Gasteiger charge is 2.44. The Morgan fingerprint density at radius 2 is 1.62 bits per heavy atom. The minimum atomic E-state index is -0.812. The van der Waals surface area contributed by atoms with Crippen molar-refractivity contribution in [2.24, 2.45) is 0 Å². The van der Waals surface area contributed by atoms with Crippen LogP contribution in [0.15, 0.2) is 103 Å². The second-order valence-electron chi connectivity index (χ2n) is 14.0. The van der Waals surface area contributed by atoms with Crippen LogP contribution in [0.5, 0.6) is 17.2 Å². The lowest BCUT2D eigenvalue weighted by molar-refractivity contribution is -0.125. The van der Waals surface area contributed by atoms with E-state index in [0.717, 1.165) is 66.8 Å². The Balaban J connectivity index is 0.833. The average molecular weight is 699 g/mol. The van der Waals surface area contributed by atoms with E-state index in [9.17, 15) is 19.5 Å². The van der Waals surface area contributed by atoms with E-state index in [2.05, 4.69) is 58.1 Å². The largest absolute Gasteiger partial charge is 0.508 e. The van der Waals surface area contributed by atoms with Gasteiger partial charge in [-0.2, -0.15) is 0 Å². The number of fused-ring (bicyclic) bond motifs is 2. The number of hydrogen-bond acceptors (Lipinski definition) is 8. The number of anilines is 1. The predicted octanol–water partition coefficient (Wildman–Crippen LogP) is 5.68. The highest BCUT2D eigenvalue weighted by Crippen LogP contribution is 2.47. The molecule has 2 fully saturated rings. The Hall–Kier alpha value is -5.61. The van der Waals surface area contributed by atoms with Crippen LogP contribution in [0.4, 0.5) is 5.69 Å². The van der Waals surface area contributed by atoms with E-state index in [4.69, 9.17) is 9.47 Å². The van der Waals surface area contributed by atoms with Crippen LogP contribution in [0, 0.1) is 0 Å². The Bertz CT molecular complexity index is 2010. The zero-order valence-corrected chi connectivity index (χ0v) is 29.0. The van der Waals surface area contributed by atoms with E-state index in [-0.39, 0.29) is 23.5 Å². The summed E-state index contributed by atoms with van der Waals surface area (Å²) >= 11 is 0. The van der Waals surface area contributed by atoms with Gasteiger partial charge in [-0.05, 0) is 66.8 Å². The Morgan fingerprint density at radius 1 is 0.846 bits per heavy atom. The van der Waals surface area contributed by atoms with Crippen LogP contribution in [0.1, 0.15) is 68.5 Å². The Kier molecular flexibility index (Phi) is 9.15. The smallest absolute Gasteiger partial charge is 0.262 e. The molecule has 3 atom stereocenters. The van der Waals surface area contributed by atoms with Crippen molar-refractivity contribution in [1.29, 1.82) is 0 Å². The van der Waals surface area contributed by atoms with Gasteiger partial charge in [0, 0.05) is 67.6 Å². The van der Waals surface area contributed by atoms with Gasteiger partial charge in [-0.1, -0.05) is 55.1 Å². The zero-order chi connectivity index (χ0) is 35.8. The van der Waals surface area contributed by atoms with Crippen molar-refractivity contribution in [2.45, 2.75) is 37.1 Å². The first-order chi connectivity index (χ1) is 25.3. The zero-order valence-electron chi connectivity index (χ0n) is 29.0. The average Bonchev–Trinajstić information content (AvgIpc) is 3.41. The lowest BCUT2D eigenvalue weighted by atomic mass is 9.76. The minimum Gasteiger partial charge on any atom is -0.508 e. The first-order valence-electron chi connectivity index (χ1n) is 18.1. The number of ether oxygens (including phenoxy) is 2. The molecule has 0 aliphatic carbocycles. The van der Waals surface area contributed by atoms with Crippen LogP contribution in [0.25, 0.3) is 0 Å². The van der Waals surface area contributed by atoms with E-state index < -0.39 is 17.9 Å². The Labute approximate surface area is 303 Å². The third-order valence-corrected chi connectivity index (χ3v) is 10.8. The second-order valence-corrected chi connectivity index (χ2v) is 14.0. The number of rotatable bonds is 9. The fraction of sp³-hybridized carbons (Fsp3) is 0.310. The first-order valence-corrected chi connectivity index (χ1v) is 18.1. The molecule has 10 nitrogen and oxygen atoms in total. The summed E-state index contributed by atoms with van der Waals surface area (Å²) in [6.07, 6.45) is 1.81. The summed E-state index contributed by atoms with van der Waals surface area (Å²) in [7, 11) is 0. The normalized spacial score (nSPS) is 21.7. The number of allylic oxidation sites excluding steroid dienone is 1. The van der Waals surface area contributed by atoms with E-state index in [1.807, 2.05) is 30.3 Å². The van der Waals surface area contributed by atoms with Gasteiger partial charge >= 0.3 is 0 Å². The maximum atomic E-state index is 13.3. The van der Waals surface area contributed by atoms with Gasteiger partial charge in [-0.15, -0.1) is 0 Å². The number of nitrogens with zero attached hydrogens (tertiary/aromatic N) is 3. The van der Waals surface area contributed by atoms with Gasteiger partial charge in [0.25, 0.3) is 11.8 Å². The molecule has 4 heterocycles. The summed E-state index contributed by atoms with van der Waals surface area (Å²) in [5.74, 6) is 0.804. The van der Waals surface area contributed by atoms with Gasteiger partial charge in [-0.25, -0.2) is 0 Å². The van der Waals surface area contributed by atoms with Crippen LogP contribution in [0.2, 0.25) is 0 Å². The highest BCUT2D eigenvalue weighted by atomic mass is 16.5. The van der Waals surface area contributed by atoms with Crippen LogP contribution in [-0.4, -0.2) is 84.6 Å². The lowest BCUT2D eigenvalue weighted by Gasteiger charge is -2.36. The van der Waals surface area contributed by atoms with Crippen molar-refractivity contribution in [3.05, 3.63) is 131 Å². The van der Waals surface area contributed by atoms with Crippen molar-refractivity contribution in [1.82, 2.24) is 15.1 Å². The number of piperazine rings is 1. The molecule has 4 aromatic rings. The molecule has 0 aromatic heterocycles. The summed E-state index contributed by atoms with van der Waals surface area (Å²) in [5.41, 5.74) is 5.69. The van der Waals surface area contributed by atoms with Crippen molar-refractivity contribution in [2.75, 3.05) is 50.8 Å². The molecule has 2 unspecified atom stereocenters. The standard InChI is InChI=1S/C42H42N4O6/c1-27-8-17-37(40(48)43-27)46-41(49)33-15-11-30(24-35(33)42(46)50)45-21-19-44(20-22-45)18-5-23-51-32-13-9-29(10-14-32)39-34-16-12-31(47)25-38(34)52-26-36(39)28-6-3-2-4-7-28/h2-4,6-7,9-16,24-25,36-37,39,47H,1,5,8,17-23,26H2,(H,43,48)/t36-,37?,39?/m1/s1. The highest BCUT2D eigenvalue weighted by molar-refractivity contribution is 6.23. The van der Waals surface area contributed by atoms with Crippen LogP contribution >= 0.6 is 0 Å². The predicted molar refractivity (Wildman–Crippen MR) is 197 cm³/mol. The molecule has 0 spiro atoms. The number of imide groups is 1. The SMILES string of the molecule is C=C1CCC(N2C(=O)c3ccc(N4CCN(CCCOc5ccc(C6c7ccc(O)cc7OC[C@@H]6c6ccccc6)cc5)CC4)cc3C2=O)C(=O)N1. The summed E-state index contributed by atoms with van der Waals surface area (Å²) < 4.78 is 12.3. The molecule has 3 amide bonds. The molecule has 266 valence electrons. The molecule has 4 aliphatic heterocycles. The molecule has 2 N–H and O–H groups in total. The number of aromatic hydroxyl groups is 1. The summed E-state index contributed by atoms with van der Waals surface area (Å²) in [5, 5.41) is 12.8. The molecule has 0 saturated carbocycles.